The third kappa shape index (κ3) is 5.69. The maximum atomic E-state index is 13.0. The van der Waals surface area contributed by atoms with Gasteiger partial charge >= 0.3 is 0 Å². The summed E-state index contributed by atoms with van der Waals surface area (Å²) >= 11 is 0. The molecule has 0 radical (unpaired) electrons. The van der Waals surface area contributed by atoms with Crippen LogP contribution in [0.5, 0.6) is 11.5 Å². The van der Waals surface area contributed by atoms with Crippen molar-refractivity contribution in [1.29, 1.82) is 0 Å². The zero-order valence-electron chi connectivity index (χ0n) is 22.0. The Morgan fingerprint density at radius 2 is 1.89 bits per heavy atom. The highest BCUT2D eigenvalue weighted by Gasteiger charge is 2.36. The largest absolute Gasteiger partial charge is 0.493 e. The van der Waals surface area contributed by atoms with Crippen molar-refractivity contribution in [2.75, 3.05) is 20.3 Å². The number of aliphatic hydroxyl groups is 2. The molecule has 3 aromatic rings. The van der Waals surface area contributed by atoms with Crippen molar-refractivity contribution >= 4 is 5.78 Å². The molecule has 1 heterocycles. The highest BCUT2D eigenvalue weighted by molar-refractivity contribution is 5.96. The van der Waals surface area contributed by atoms with E-state index in [-0.39, 0.29) is 31.8 Å². The van der Waals surface area contributed by atoms with Crippen LogP contribution in [-0.4, -0.2) is 41.3 Å². The molecule has 4 rings (SSSR count). The highest BCUT2D eigenvalue weighted by atomic mass is 16.5. The normalized spacial score (nSPS) is 18.2. The Kier molecular flexibility index (Phi) is 7.69. The number of ketones is 1. The Balaban J connectivity index is 1.60. The number of nitrogens with two attached hydrogens (primary N) is 1. The lowest BCUT2D eigenvalue weighted by Crippen LogP contribution is -2.31. The summed E-state index contributed by atoms with van der Waals surface area (Å²) in [6, 6.07) is 15.1. The van der Waals surface area contributed by atoms with Gasteiger partial charge in [0.1, 0.15) is 12.2 Å². The summed E-state index contributed by atoms with van der Waals surface area (Å²) in [6.07, 6.45) is 1.95. The van der Waals surface area contributed by atoms with Crippen molar-refractivity contribution in [2.45, 2.75) is 57.6 Å². The van der Waals surface area contributed by atoms with Crippen molar-refractivity contribution in [1.82, 2.24) is 4.98 Å². The SMILES string of the molecule is COc1cc(C(=O)CCC(C)(O)c2cc3c(c(-c4ccc(C)cc4)n2)CCC3(C)N)ccc1OCCO. The molecule has 0 aliphatic heterocycles. The number of aryl methyl sites for hydroxylation is 1. The predicted octanol–water partition coefficient (Wildman–Crippen LogP) is 4.43. The average Bonchev–Trinajstić information content (AvgIpc) is 3.20. The fourth-order valence-corrected chi connectivity index (χ4v) is 4.82. The van der Waals surface area contributed by atoms with Gasteiger partial charge in [0.25, 0.3) is 0 Å². The molecule has 0 bridgehead atoms. The van der Waals surface area contributed by atoms with E-state index in [9.17, 15) is 9.90 Å². The van der Waals surface area contributed by atoms with Crippen LogP contribution in [-0.2, 0) is 17.6 Å². The number of aromatic nitrogens is 1. The van der Waals surface area contributed by atoms with Gasteiger partial charge < -0.3 is 25.4 Å². The maximum absolute atomic E-state index is 13.0. The monoisotopic (exact) mass is 504 g/mol. The molecule has 196 valence electrons. The molecular weight excluding hydrogens is 468 g/mol. The third-order valence-corrected chi connectivity index (χ3v) is 7.18. The van der Waals surface area contributed by atoms with Crippen LogP contribution in [0.25, 0.3) is 11.3 Å². The number of Topliss-reactive ketones (excluding diaryl/α,β-unsaturated/α-hetero) is 1. The minimum Gasteiger partial charge on any atom is -0.493 e. The number of methoxy groups -OCH3 is 1. The molecule has 7 heteroatoms. The summed E-state index contributed by atoms with van der Waals surface area (Å²) in [7, 11) is 1.50. The quantitative estimate of drug-likeness (QED) is 0.350. The van der Waals surface area contributed by atoms with E-state index in [0.29, 0.717) is 22.8 Å². The lowest BCUT2D eigenvalue weighted by Gasteiger charge is -2.27. The van der Waals surface area contributed by atoms with Gasteiger partial charge in [-0.05, 0) is 75.4 Å². The van der Waals surface area contributed by atoms with E-state index < -0.39 is 11.1 Å². The zero-order chi connectivity index (χ0) is 26.8. The van der Waals surface area contributed by atoms with E-state index in [1.165, 1.54) is 7.11 Å². The summed E-state index contributed by atoms with van der Waals surface area (Å²) < 4.78 is 10.8. The summed E-state index contributed by atoms with van der Waals surface area (Å²) in [5.74, 6) is 0.739. The van der Waals surface area contributed by atoms with Crippen LogP contribution in [0.1, 0.15) is 65.9 Å². The summed E-state index contributed by atoms with van der Waals surface area (Å²) in [4.78, 5) is 18.0. The van der Waals surface area contributed by atoms with Gasteiger partial charge in [0.15, 0.2) is 17.3 Å². The number of ether oxygens (including phenoxy) is 2. The van der Waals surface area contributed by atoms with Gasteiger partial charge in [-0.1, -0.05) is 29.8 Å². The molecule has 1 aliphatic carbocycles. The van der Waals surface area contributed by atoms with Crippen molar-refractivity contribution < 1.29 is 24.5 Å². The molecular formula is C30H36N2O5. The molecule has 0 spiro atoms. The fraction of sp³-hybridized carbons (Fsp3) is 0.400. The van der Waals surface area contributed by atoms with E-state index >= 15 is 0 Å². The van der Waals surface area contributed by atoms with Crippen molar-refractivity contribution in [3.63, 3.8) is 0 Å². The van der Waals surface area contributed by atoms with Gasteiger partial charge in [0, 0.05) is 23.1 Å². The molecule has 2 atom stereocenters. The number of nitrogens with zero attached hydrogens (tertiary/aromatic N) is 1. The number of rotatable bonds is 10. The fourth-order valence-electron chi connectivity index (χ4n) is 4.82. The number of hydrogen-bond acceptors (Lipinski definition) is 7. The molecule has 0 saturated carbocycles. The first-order valence-corrected chi connectivity index (χ1v) is 12.6. The molecule has 4 N–H and O–H groups in total. The van der Waals surface area contributed by atoms with Crippen LogP contribution < -0.4 is 15.2 Å². The van der Waals surface area contributed by atoms with E-state index in [4.69, 9.17) is 25.3 Å². The molecule has 0 amide bonds. The van der Waals surface area contributed by atoms with Crippen molar-refractivity contribution in [3.05, 3.63) is 76.5 Å². The van der Waals surface area contributed by atoms with Crippen LogP contribution in [0.4, 0.5) is 0 Å². The topological polar surface area (TPSA) is 115 Å². The maximum Gasteiger partial charge on any atom is 0.163 e. The summed E-state index contributed by atoms with van der Waals surface area (Å²) in [6.45, 7) is 5.77. The predicted molar refractivity (Wildman–Crippen MR) is 143 cm³/mol. The Hall–Kier alpha value is -3.26. The Bertz CT molecular complexity index is 1280. The first-order valence-electron chi connectivity index (χ1n) is 12.6. The average molecular weight is 505 g/mol. The zero-order valence-corrected chi connectivity index (χ0v) is 22.0. The van der Waals surface area contributed by atoms with Crippen molar-refractivity contribution in [2.24, 2.45) is 5.73 Å². The lowest BCUT2D eigenvalue weighted by atomic mass is 9.87. The second-order valence-electron chi connectivity index (χ2n) is 10.3. The number of carbonyl (C=O) groups excluding carboxylic acids is 1. The van der Waals surface area contributed by atoms with Gasteiger partial charge in [-0.25, -0.2) is 4.98 Å². The Morgan fingerprint density at radius 1 is 1.16 bits per heavy atom. The molecule has 2 unspecified atom stereocenters. The standard InChI is InChI=1S/C30H36N2O5/c1-19-5-7-20(8-6-19)28-22-11-13-29(2,31)23(22)18-27(32-28)30(3,35)14-12-24(34)21-9-10-25(37-16-15-33)26(17-21)36-4/h5-10,17-18,33,35H,11-16,31H2,1-4H3. The Morgan fingerprint density at radius 3 is 2.57 bits per heavy atom. The smallest absolute Gasteiger partial charge is 0.163 e. The minimum atomic E-state index is -1.34. The number of pyridine rings is 1. The highest BCUT2D eigenvalue weighted by Crippen LogP contribution is 2.42. The molecule has 0 fully saturated rings. The number of hydrogen-bond donors (Lipinski definition) is 3. The number of benzene rings is 2. The molecule has 1 aliphatic rings. The van der Waals surface area contributed by atoms with Crippen LogP contribution in [0.15, 0.2) is 48.5 Å². The second-order valence-corrected chi connectivity index (χ2v) is 10.3. The first kappa shape index (κ1) is 26.8. The summed E-state index contributed by atoms with van der Waals surface area (Å²) in [5.41, 5.74) is 10.9. The van der Waals surface area contributed by atoms with Crippen LogP contribution in [0.2, 0.25) is 0 Å². The van der Waals surface area contributed by atoms with Gasteiger partial charge in [0.05, 0.1) is 25.1 Å². The molecule has 2 aromatic carbocycles. The first-order chi connectivity index (χ1) is 17.6. The van der Waals surface area contributed by atoms with E-state index in [1.54, 1.807) is 25.1 Å². The minimum absolute atomic E-state index is 0.117. The van der Waals surface area contributed by atoms with Crippen molar-refractivity contribution in [3.8, 4) is 22.8 Å². The van der Waals surface area contributed by atoms with Gasteiger partial charge in [-0.2, -0.15) is 0 Å². The number of aliphatic hydroxyl groups excluding tert-OH is 1. The summed E-state index contributed by atoms with van der Waals surface area (Å²) in [5, 5.41) is 20.5. The van der Waals surface area contributed by atoms with Crippen LogP contribution in [0, 0.1) is 6.92 Å². The van der Waals surface area contributed by atoms with E-state index in [2.05, 4.69) is 12.1 Å². The second kappa shape index (κ2) is 10.6. The van der Waals surface area contributed by atoms with E-state index in [0.717, 1.165) is 40.8 Å². The molecule has 7 nitrogen and oxygen atoms in total. The van der Waals surface area contributed by atoms with Gasteiger partial charge in [-0.3, -0.25) is 4.79 Å². The van der Waals surface area contributed by atoms with E-state index in [1.807, 2.05) is 32.0 Å². The third-order valence-electron chi connectivity index (χ3n) is 7.18. The number of fused-ring (bicyclic) bond motifs is 1. The van der Waals surface area contributed by atoms with Crippen LogP contribution >= 0.6 is 0 Å². The molecule has 1 aromatic heterocycles. The molecule has 37 heavy (non-hydrogen) atoms. The molecule has 0 saturated heterocycles. The number of carbonyl (C=O) groups is 1. The Labute approximate surface area is 218 Å². The van der Waals surface area contributed by atoms with Gasteiger partial charge in [0.2, 0.25) is 0 Å². The lowest BCUT2D eigenvalue weighted by molar-refractivity contribution is 0.0396. The van der Waals surface area contributed by atoms with Gasteiger partial charge in [-0.15, -0.1) is 0 Å². The van der Waals surface area contributed by atoms with Crippen LogP contribution in [0.3, 0.4) is 0 Å².